The minimum Gasteiger partial charge on any atom is -0.371 e. The fourth-order valence-corrected chi connectivity index (χ4v) is 4.26. The molecule has 3 aromatic rings. The van der Waals surface area contributed by atoms with Crippen molar-refractivity contribution >= 4 is 46.0 Å². The van der Waals surface area contributed by atoms with E-state index in [9.17, 15) is 9.18 Å². The molecule has 3 heterocycles. The number of imidazole rings is 1. The van der Waals surface area contributed by atoms with E-state index in [0.717, 1.165) is 11.1 Å². The number of halogens is 1. The van der Waals surface area contributed by atoms with Crippen LogP contribution in [0.2, 0.25) is 0 Å². The summed E-state index contributed by atoms with van der Waals surface area (Å²) < 4.78 is 16.8. The quantitative estimate of drug-likeness (QED) is 0.415. The van der Waals surface area contributed by atoms with Crippen molar-refractivity contribution < 1.29 is 9.18 Å². The zero-order valence-electron chi connectivity index (χ0n) is 20.2. The number of nitrogens with one attached hydrogen (secondary N) is 2. The average molecular weight is 478 g/mol. The summed E-state index contributed by atoms with van der Waals surface area (Å²) in [6.07, 6.45) is 1.93. The van der Waals surface area contributed by atoms with Crippen LogP contribution in [0.15, 0.2) is 31.0 Å². The Bertz CT molecular complexity index is 1330. The van der Waals surface area contributed by atoms with Crippen molar-refractivity contribution in [2.45, 2.75) is 25.6 Å². The van der Waals surface area contributed by atoms with Crippen LogP contribution in [-0.4, -0.2) is 64.8 Å². The lowest BCUT2D eigenvalue weighted by molar-refractivity contribution is -0.111. The van der Waals surface area contributed by atoms with Gasteiger partial charge in [0.05, 0.1) is 24.2 Å². The molecule has 1 aromatic carbocycles. The predicted octanol–water partition coefficient (Wildman–Crippen LogP) is 3.44. The molecule has 0 aliphatic carbocycles. The number of piperidine rings is 1. The molecule has 2 N–H and O–H groups in total. The van der Waals surface area contributed by atoms with Crippen LogP contribution < -0.4 is 20.4 Å². The molecule has 1 saturated heterocycles. The maximum atomic E-state index is 14.8. The highest BCUT2D eigenvalue weighted by molar-refractivity contribution is 6.00. The SMILES string of the molecule is [C-]#[N+]c1cnc(N[C@@H]2C[C@@H](F)CN(c3nc4cc(NC(=O)C=C)c(C)cc4n3C)C2)nc1N(C)C. The van der Waals surface area contributed by atoms with E-state index in [4.69, 9.17) is 11.6 Å². The zero-order valence-corrected chi connectivity index (χ0v) is 20.2. The second kappa shape index (κ2) is 9.58. The van der Waals surface area contributed by atoms with E-state index < -0.39 is 6.17 Å². The normalized spacial score (nSPS) is 17.7. The van der Waals surface area contributed by atoms with Crippen LogP contribution in [0.4, 0.5) is 33.5 Å². The monoisotopic (exact) mass is 477 g/mol. The molecule has 0 unspecified atom stereocenters. The van der Waals surface area contributed by atoms with Crippen LogP contribution in [0.1, 0.15) is 12.0 Å². The fourth-order valence-electron chi connectivity index (χ4n) is 4.26. The van der Waals surface area contributed by atoms with E-state index >= 15 is 0 Å². The van der Waals surface area contributed by atoms with Crippen LogP contribution in [0, 0.1) is 13.5 Å². The summed E-state index contributed by atoms with van der Waals surface area (Å²) in [5.41, 5.74) is 3.48. The third-order valence-electron chi connectivity index (χ3n) is 5.96. The van der Waals surface area contributed by atoms with Gasteiger partial charge in [-0.1, -0.05) is 6.58 Å². The highest BCUT2D eigenvalue weighted by atomic mass is 19.1. The Hall–Kier alpha value is -4.20. The number of amides is 1. The third-order valence-corrected chi connectivity index (χ3v) is 5.96. The van der Waals surface area contributed by atoms with Gasteiger partial charge in [0, 0.05) is 52.0 Å². The largest absolute Gasteiger partial charge is 0.371 e. The van der Waals surface area contributed by atoms with Crippen LogP contribution in [-0.2, 0) is 11.8 Å². The fraction of sp³-hybridized carbons (Fsp3) is 0.375. The number of aromatic nitrogens is 4. The number of anilines is 4. The van der Waals surface area contributed by atoms with Gasteiger partial charge >= 0.3 is 0 Å². The van der Waals surface area contributed by atoms with Crippen molar-refractivity contribution in [3.05, 3.63) is 48.0 Å². The van der Waals surface area contributed by atoms with Gasteiger partial charge in [-0.2, -0.15) is 0 Å². The topological polar surface area (TPSA) is 95.6 Å². The molecule has 0 radical (unpaired) electrons. The molecule has 182 valence electrons. The number of fused-ring (bicyclic) bond motifs is 1. The first kappa shape index (κ1) is 23.9. The summed E-state index contributed by atoms with van der Waals surface area (Å²) in [4.78, 5) is 32.3. The third kappa shape index (κ3) is 4.87. The van der Waals surface area contributed by atoms with Gasteiger partial charge in [0.1, 0.15) is 12.0 Å². The van der Waals surface area contributed by atoms with E-state index in [2.05, 4.69) is 32.0 Å². The summed E-state index contributed by atoms with van der Waals surface area (Å²) in [5.74, 6) is 1.20. The Morgan fingerprint density at radius 2 is 2.11 bits per heavy atom. The molecule has 0 spiro atoms. The van der Waals surface area contributed by atoms with Crippen molar-refractivity contribution in [1.82, 2.24) is 19.5 Å². The standard InChI is InChI=1S/C24H28FN9O/c1-7-21(35)29-17-10-18-20(8-14(17)2)33(6)24(30-18)34-12-15(25)9-16(13-34)28-23-27-11-19(26-3)22(31-23)32(4)5/h7-8,10-11,15-16H,1,9,12-13H2,2,4-6H3,(H,29,35)(H,27,28,31)/t15-,16-/m1/s1. The Morgan fingerprint density at radius 1 is 1.34 bits per heavy atom. The van der Waals surface area contributed by atoms with Crippen LogP contribution in [0.5, 0.6) is 0 Å². The molecular formula is C24H28FN9O. The van der Waals surface area contributed by atoms with Gasteiger partial charge in [-0.15, -0.1) is 0 Å². The van der Waals surface area contributed by atoms with Gasteiger partial charge in [-0.3, -0.25) is 4.79 Å². The lowest BCUT2D eigenvalue weighted by Gasteiger charge is -2.35. The van der Waals surface area contributed by atoms with E-state index in [0.29, 0.717) is 47.6 Å². The first-order valence-corrected chi connectivity index (χ1v) is 11.2. The summed E-state index contributed by atoms with van der Waals surface area (Å²) in [6.45, 7) is 13.4. The maximum Gasteiger partial charge on any atom is 0.247 e. The second-order valence-corrected chi connectivity index (χ2v) is 8.81. The number of benzene rings is 1. The molecule has 2 atom stereocenters. The van der Waals surface area contributed by atoms with Gasteiger partial charge in [0.25, 0.3) is 0 Å². The van der Waals surface area contributed by atoms with E-state index in [1.165, 1.54) is 12.3 Å². The Balaban J connectivity index is 1.60. The Labute approximate surface area is 203 Å². The smallest absolute Gasteiger partial charge is 0.247 e. The van der Waals surface area contributed by atoms with Crippen LogP contribution in [0.3, 0.4) is 0 Å². The number of rotatable bonds is 6. The molecule has 10 nitrogen and oxygen atoms in total. The lowest BCUT2D eigenvalue weighted by atomic mass is 10.0. The van der Waals surface area contributed by atoms with Gasteiger partial charge in [-0.05, 0) is 30.7 Å². The number of nitrogens with zero attached hydrogens (tertiary/aromatic N) is 7. The van der Waals surface area contributed by atoms with Crippen molar-refractivity contribution in [3.8, 4) is 0 Å². The first-order chi connectivity index (χ1) is 16.7. The van der Waals surface area contributed by atoms with Crippen LogP contribution >= 0.6 is 0 Å². The van der Waals surface area contributed by atoms with Gasteiger partial charge < -0.3 is 25.0 Å². The summed E-state index contributed by atoms with van der Waals surface area (Å²) in [5, 5.41) is 6.03. The lowest BCUT2D eigenvalue weighted by Crippen LogP contribution is -2.48. The Kier molecular flexibility index (Phi) is 6.55. The Morgan fingerprint density at radius 3 is 2.80 bits per heavy atom. The predicted molar refractivity (Wildman–Crippen MR) is 136 cm³/mol. The molecule has 11 heteroatoms. The molecule has 1 aliphatic heterocycles. The summed E-state index contributed by atoms with van der Waals surface area (Å²) >= 11 is 0. The molecular weight excluding hydrogens is 449 g/mol. The van der Waals surface area contributed by atoms with E-state index in [-0.39, 0.29) is 18.5 Å². The van der Waals surface area contributed by atoms with Gasteiger partial charge in [0.2, 0.25) is 23.5 Å². The highest BCUT2D eigenvalue weighted by Gasteiger charge is 2.30. The molecule has 1 aliphatic rings. The number of carbonyl (C=O) groups excluding carboxylic acids is 1. The zero-order chi connectivity index (χ0) is 25.3. The number of hydrogen-bond acceptors (Lipinski definition) is 7. The minimum atomic E-state index is -1.07. The van der Waals surface area contributed by atoms with Crippen molar-refractivity contribution in [1.29, 1.82) is 0 Å². The second-order valence-electron chi connectivity index (χ2n) is 8.81. The maximum absolute atomic E-state index is 14.8. The molecule has 0 bridgehead atoms. The highest BCUT2D eigenvalue weighted by Crippen LogP contribution is 2.30. The van der Waals surface area contributed by atoms with Gasteiger partial charge in [0.15, 0.2) is 0 Å². The molecule has 1 amide bonds. The average Bonchev–Trinajstić information content (AvgIpc) is 3.14. The van der Waals surface area contributed by atoms with Crippen molar-refractivity contribution in [3.63, 3.8) is 0 Å². The summed E-state index contributed by atoms with van der Waals surface area (Å²) in [7, 11) is 5.51. The minimum absolute atomic E-state index is 0.217. The first-order valence-electron chi connectivity index (χ1n) is 11.2. The molecule has 1 fully saturated rings. The van der Waals surface area contributed by atoms with Crippen LogP contribution in [0.25, 0.3) is 15.9 Å². The molecule has 4 rings (SSSR count). The molecule has 2 aromatic heterocycles. The van der Waals surface area contributed by atoms with E-state index in [1.807, 2.05) is 49.7 Å². The molecule has 0 saturated carbocycles. The van der Waals surface area contributed by atoms with Gasteiger partial charge in [-0.25, -0.2) is 24.2 Å². The number of hydrogen-bond donors (Lipinski definition) is 2. The number of aryl methyl sites for hydroxylation is 2. The number of carbonyl (C=O) groups is 1. The number of alkyl halides is 1. The molecule has 35 heavy (non-hydrogen) atoms. The van der Waals surface area contributed by atoms with E-state index in [1.54, 1.807) is 4.90 Å². The summed E-state index contributed by atoms with van der Waals surface area (Å²) in [6, 6.07) is 3.52. The van der Waals surface area contributed by atoms with Crippen molar-refractivity contribution in [2.75, 3.05) is 47.6 Å². The van der Waals surface area contributed by atoms with Crippen molar-refractivity contribution in [2.24, 2.45) is 7.05 Å².